The fourth-order valence-corrected chi connectivity index (χ4v) is 3.82. The van der Waals surface area contributed by atoms with Crippen molar-refractivity contribution in [2.75, 3.05) is 5.32 Å². The number of aryl methyl sites for hydroxylation is 1. The van der Waals surface area contributed by atoms with Gasteiger partial charge in [-0.3, -0.25) is 4.79 Å². The topological polar surface area (TPSA) is 42.0 Å². The lowest BCUT2D eigenvalue weighted by Gasteiger charge is -2.10. The van der Waals surface area contributed by atoms with Crippen molar-refractivity contribution < 1.29 is 4.79 Å². The van der Waals surface area contributed by atoms with Crippen LogP contribution in [0.2, 0.25) is 0 Å². The van der Waals surface area contributed by atoms with Crippen LogP contribution in [-0.4, -0.2) is 10.9 Å². The van der Waals surface area contributed by atoms with Crippen LogP contribution in [0.1, 0.15) is 37.7 Å². The van der Waals surface area contributed by atoms with E-state index in [0.717, 1.165) is 27.8 Å². The highest BCUT2D eigenvalue weighted by molar-refractivity contribution is 5.91. The number of carbonyl (C=O) groups is 1. The number of fused-ring (bicyclic) bond motifs is 1. The van der Waals surface area contributed by atoms with Crippen LogP contribution in [0.25, 0.3) is 22.2 Å². The van der Waals surface area contributed by atoms with E-state index in [4.69, 9.17) is 4.98 Å². The molecule has 1 N–H and O–H groups in total. The Bertz CT molecular complexity index is 925. The van der Waals surface area contributed by atoms with Gasteiger partial charge in [0.05, 0.1) is 11.2 Å². The van der Waals surface area contributed by atoms with Crippen LogP contribution >= 0.6 is 0 Å². The maximum atomic E-state index is 12.2. The summed E-state index contributed by atoms with van der Waals surface area (Å²) in [4.78, 5) is 16.9. The minimum absolute atomic E-state index is 0.129. The summed E-state index contributed by atoms with van der Waals surface area (Å²) in [7, 11) is 0. The van der Waals surface area contributed by atoms with E-state index in [0.29, 0.717) is 12.3 Å². The normalized spacial score (nSPS) is 14.7. The van der Waals surface area contributed by atoms with E-state index in [9.17, 15) is 4.79 Å². The Morgan fingerprint density at radius 1 is 1.04 bits per heavy atom. The summed E-state index contributed by atoms with van der Waals surface area (Å²) < 4.78 is 0. The van der Waals surface area contributed by atoms with Gasteiger partial charge < -0.3 is 5.32 Å². The highest BCUT2D eigenvalue weighted by Crippen LogP contribution is 2.28. The predicted octanol–water partition coefficient (Wildman–Crippen LogP) is 5.73. The molecular formula is C23H24N2O. The number of hydrogen-bond acceptors (Lipinski definition) is 2. The van der Waals surface area contributed by atoms with E-state index in [1.54, 1.807) is 0 Å². The second-order valence-electron chi connectivity index (χ2n) is 7.37. The zero-order chi connectivity index (χ0) is 17.9. The van der Waals surface area contributed by atoms with E-state index < -0.39 is 0 Å². The fourth-order valence-electron chi connectivity index (χ4n) is 3.82. The van der Waals surface area contributed by atoms with E-state index in [1.807, 2.05) is 24.3 Å². The van der Waals surface area contributed by atoms with Gasteiger partial charge >= 0.3 is 0 Å². The van der Waals surface area contributed by atoms with Crippen molar-refractivity contribution >= 4 is 22.5 Å². The predicted molar refractivity (Wildman–Crippen MR) is 107 cm³/mol. The van der Waals surface area contributed by atoms with Gasteiger partial charge in [0.1, 0.15) is 0 Å². The molecule has 3 nitrogen and oxygen atoms in total. The van der Waals surface area contributed by atoms with E-state index in [2.05, 4.69) is 42.6 Å². The molecule has 1 aliphatic rings. The molecule has 0 spiro atoms. The number of nitrogens with one attached hydrogen (secondary N) is 1. The number of pyridine rings is 1. The summed E-state index contributed by atoms with van der Waals surface area (Å²) >= 11 is 0. The fraction of sp³-hybridized carbons (Fsp3) is 0.304. The lowest BCUT2D eigenvalue weighted by molar-refractivity contribution is -0.117. The largest absolute Gasteiger partial charge is 0.326 e. The number of benzene rings is 2. The lowest BCUT2D eigenvalue weighted by atomic mass is 10.0. The zero-order valence-corrected chi connectivity index (χ0v) is 15.2. The Morgan fingerprint density at radius 3 is 2.58 bits per heavy atom. The molecule has 1 aromatic heterocycles. The highest BCUT2D eigenvalue weighted by atomic mass is 16.1. The van der Waals surface area contributed by atoms with Crippen LogP contribution < -0.4 is 5.32 Å². The Kier molecular flexibility index (Phi) is 4.70. The highest BCUT2D eigenvalue weighted by Gasteiger charge is 2.18. The number of carbonyl (C=O) groups excluding carboxylic acids is 1. The second kappa shape index (κ2) is 7.28. The minimum Gasteiger partial charge on any atom is -0.326 e. The smallest absolute Gasteiger partial charge is 0.224 e. The number of aromatic nitrogens is 1. The monoisotopic (exact) mass is 344 g/mol. The van der Waals surface area contributed by atoms with Crippen LogP contribution in [0.3, 0.4) is 0 Å². The Labute approximate surface area is 154 Å². The van der Waals surface area contributed by atoms with Crippen molar-refractivity contribution in [2.45, 2.75) is 39.0 Å². The van der Waals surface area contributed by atoms with Crippen LogP contribution in [0.4, 0.5) is 5.69 Å². The average molecular weight is 344 g/mol. The van der Waals surface area contributed by atoms with Crippen molar-refractivity contribution in [3.05, 3.63) is 60.2 Å². The van der Waals surface area contributed by atoms with Crippen molar-refractivity contribution in [3.8, 4) is 11.3 Å². The van der Waals surface area contributed by atoms with E-state index >= 15 is 0 Å². The number of anilines is 1. The van der Waals surface area contributed by atoms with Crippen molar-refractivity contribution in [2.24, 2.45) is 5.92 Å². The van der Waals surface area contributed by atoms with Gasteiger partial charge in [0.25, 0.3) is 0 Å². The molecule has 0 unspecified atom stereocenters. The van der Waals surface area contributed by atoms with Gasteiger partial charge in [0.2, 0.25) is 5.91 Å². The standard InChI is InChI=1S/C23H24N2O/c1-16-6-12-22-19(14-16)9-13-21(25-22)18-7-10-20(11-8-18)24-23(26)15-17-4-2-3-5-17/h6-14,17H,2-5,15H2,1H3,(H,24,26). The van der Waals surface area contributed by atoms with Crippen LogP contribution in [0.15, 0.2) is 54.6 Å². The van der Waals surface area contributed by atoms with Crippen molar-refractivity contribution in [3.63, 3.8) is 0 Å². The summed E-state index contributed by atoms with van der Waals surface area (Å²) in [6.07, 6.45) is 5.57. The quantitative estimate of drug-likeness (QED) is 0.657. The molecule has 1 aliphatic carbocycles. The minimum atomic E-state index is 0.129. The maximum Gasteiger partial charge on any atom is 0.224 e. The molecule has 1 heterocycles. The molecule has 2 aromatic carbocycles. The molecule has 4 rings (SSSR count). The Morgan fingerprint density at radius 2 is 1.81 bits per heavy atom. The van der Waals surface area contributed by atoms with Gasteiger partial charge in [-0.05, 0) is 56.0 Å². The third-order valence-corrected chi connectivity index (χ3v) is 5.26. The maximum absolute atomic E-state index is 12.2. The summed E-state index contributed by atoms with van der Waals surface area (Å²) in [5, 5.41) is 4.18. The molecular weight excluding hydrogens is 320 g/mol. The number of hydrogen-bond donors (Lipinski definition) is 1. The number of nitrogens with zero attached hydrogens (tertiary/aromatic N) is 1. The lowest BCUT2D eigenvalue weighted by Crippen LogP contribution is -2.14. The second-order valence-corrected chi connectivity index (χ2v) is 7.37. The molecule has 3 aromatic rings. The Hall–Kier alpha value is -2.68. The SMILES string of the molecule is Cc1ccc2nc(-c3ccc(NC(=O)CC4CCCC4)cc3)ccc2c1. The molecule has 0 bridgehead atoms. The summed E-state index contributed by atoms with van der Waals surface area (Å²) in [6.45, 7) is 2.09. The molecule has 0 radical (unpaired) electrons. The first-order chi connectivity index (χ1) is 12.7. The summed E-state index contributed by atoms with van der Waals surface area (Å²) in [5.41, 5.74) is 5.10. The van der Waals surface area contributed by atoms with Gasteiger partial charge in [-0.25, -0.2) is 4.98 Å². The molecule has 0 atom stereocenters. The summed E-state index contributed by atoms with van der Waals surface area (Å²) in [5.74, 6) is 0.698. The van der Waals surface area contributed by atoms with Crippen LogP contribution in [0.5, 0.6) is 0 Å². The third kappa shape index (κ3) is 3.77. The molecule has 0 saturated heterocycles. The first-order valence-electron chi connectivity index (χ1n) is 9.45. The van der Waals surface area contributed by atoms with E-state index in [-0.39, 0.29) is 5.91 Å². The van der Waals surface area contributed by atoms with Crippen LogP contribution in [0, 0.1) is 12.8 Å². The third-order valence-electron chi connectivity index (χ3n) is 5.26. The molecule has 3 heteroatoms. The first kappa shape index (κ1) is 16.8. The molecule has 132 valence electrons. The molecule has 0 aliphatic heterocycles. The summed E-state index contributed by atoms with van der Waals surface area (Å²) in [6, 6.07) is 18.4. The van der Waals surface area contributed by atoms with Gasteiger partial charge in [-0.1, -0.05) is 42.7 Å². The average Bonchev–Trinajstić information content (AvgIpc) is 3.15. The van der Waals surface area contributed by atoms with Crippen molar-refractivity contribution in [1.82, 2.24) is 4.98 Å². The van der Waals surface area contributed by atoms with Gasteiger partial charge in [-0.2, -0.15) is 0 Å². The molecule has 1 saturated carbocycles. The zero-order valence-electron chi connectivity index (χ0n) is 15.2. The van der Waals surface area contributed by atoms with Gasteiger partial charge in [-0.15, -0.1) is 0 Å². The number of amides is 1. The van der Waals surface area contributed by atoms with E-state index in [1.165, 1.54) is 31.2 Å². The van der Waals surface area contributed by atoms with Crippen molar-refractivity contribution in [1.29, 1.82) is 0 Å². The van der Waals surface area contributed by atoms with Crippen LogP contribution in [-0.2, 0) is 4.79 Å². The number of rotatable bonds is 4. The molecule has 1 fully saturated rings. The molecule has 26 heavy (non-hydrogen) atoms. The Balaban J connectivity index is 1.46. The molecule has 1 amide bonds. The van der Waals surface area contributed by atoms with Gasteiger partial charge in [0, 0.05) is 23.1 Å². The van der Waals surface area contributed by atoms with Gasteiger partial charge in [0.15, 0.2) is 0 Å². The first-order valence-corrected chi connectivity index (χ1v) is 9.45.